The second-order valence-corrected chi connectivity index (χ2v) is 10.3. The number of carboxylic acids is 1. The highest BCUT2D eigenvalue weighted by Gasteiger charge is 2.46. The lowest BCUT2D eigenvalue weighted by molar-refractivity contribution is -0.132. The lowest BCUT2D eigenvalue weighted by Crippen LogP contribution is -2.62. The van der Waals surface area contributed by atoms with Crippen LogP contribution in [0.5, 0.6) is 0 Å². The van der Waals surface area contributed by atoms with Gasteiger partial charge >= 0.3 is 5.97 Å². The molecule has 0 radical (unpaired) electrons. The predicted molar refractivity (Wildman–Crippen MR) is 132 cm³/mol. The molecule has 2 fully saturated rings. The SMILES string of the molecule is Cc1cc(N2CC(C)(C(=O)NC[C@@H]3CCCCO3)C2)nc2c1c(=O)c(C(=O)O)cn2-c1nccs1. The molecule has 10 nitrogen and oxygen atoms in total. The summed E-state index contributed by atoms with van der Waals surface area (Å²) >= 11 is 1.32. The van der Waals surface area contributed by atoms with Crippen molar-refractivity contribution in [3.63, 3.8) is 0 Å². The van der Waals surface area contributed by atoms with E-state index in [4.69, 9.17) is 9.72 Å². The van der Waals surface area contributed by atoms with Gasteiger partial charge < -0.3 is 20.1 Å². The summed E-state index contributed by atoms with van der Waals surface area (Å²) in [6.07, 6.45) is 6.13. The van der Waals surface area contributed by atoms with Crippen LogP contribution < -0.4 is 15.6 Å². The molecule has 3 aromatic rings. The van der Waals surface area contributed by atoms with E-state index in [9.17, 15) is 19.5 Å². The summed E-state index contributed by atoms with van der Waals surface area (Å²) in [5.41, 5.74) is -0.495. The highest BCUT2D eigenvalue weighted by Crippen LogP contribution is 2.35. The molecule has 35 heavy (non-hydrogen) atoms. The van der Waals surface area contributed by atoms with Gasteiger partial charge in [0.15, 0.2) is 10.8 Å². The molecule has 1 atom stereocenters. The Bertz CT molecular complexity index is 1340. The number of thiazole rings is 1. The fourth-order valence-electron chi connectivity index (χ4n) is 4.76. The second-order valence-electron chi connectivity index (χ2n) is 9.47. The zero-order valence-corrected chi connectivity index (χ0v) is 20.4. The molecule has 0 unspecified atom stereocenters. The van der Waals surface area contributed by atoms with Crippen molar-refractivity contribution in [2.75, 3.05) is 31.1 Å². The standard InChI is InChI=1S/C24H27N5O5S/c1-14-9-17(28-12-24(2,13-28)22(33)26-10-15-5-3-4-7-34-15)27-20-18(14)19(30)16(21(31)32)11-29(20)23-25-6-8-35-23/h6,8-9,11,15H,3-5,7,10,12-13H2,1-2H3,(H,26,33)(H,31,32)/t15-/m0/s1. The van der Waals surface area contributed by atoms with E-state index in [0.717, 1.165) is 25.9 Å². The Kier molecular flexibility index (Phi) is 6.06. The Labute approximate surface area is 205 Å². The molecule has 2 N–H and O–H groups in total. The van der Waals surface area contributed by atoms with E-state index in [1.165, 1.54) is 17.5 Å². The third-order valence-electron chi connectivity index (χ3n) is 6.71. The average Bonchev–Trinajstić information content (AvgIpc) is 3.35. The van der Waals surface area contributed by atoms with Crippen molar-refractivity contribution in [2.45, 2.75) is 39.2 Å². The van der Waals surface area contributed by atoms with Crippen LogP contribution in [-0.4, -0.2) is 63.9 Å². The number of anilines is 1. The van der Waals surface area contributed by atoms with Crippen LogP contribution in [0, 0.1) is 12.3 Å². The van der Waals surface area contributed by atoms with E-state index in [-0.39, 0.29) is 23.0 Å². The number of pyridine rings is 2. The average molecular weight is 498 g/mol. The molecule has 11 heteroatoms. The maximum Gasteiger partial charge on any atom is 0.341 e. The van der Waals surface area contributed by atoms with Crippen LogP contribution in [0.15, 0.2) is 28.6 Å². The predicted octanol–water partition coefficient (Wildman–Crippen LogP) is 2.36. The number of carboxylic acid groups (broad SMARTS) is 1. The third kappa shape index (κ3) is 4.30. The molecule has 0 bridgehead atoms. The summed E-state index contributed by atoms with van der Waals surface area (Å²) in [6, 6.07) is 1.77. The van der Waals surface area contributed by atoms with Crippen molar-refractivity contribution in [1.29, 1.82) is 0 Å². The van der Waals surface area contributed by atoms with E-state index < -0.39 is 16.8 Å². The zero-order valence-electron chi connectivity index (χ0n) is 19.6. The summed E-state index contributed by atoms with van der Waals surface area (Å²) in [5.74, 6) is -0.677. The Morgan fingerprint density at radius 3 is 2.80 bits per heavy atom. The van der Waals surface area contributed by atoms with Crippen LogP contribution >= 0.6 is 11.3 Å². The second kappa shape index (κ2) is 9.04. The van der Waals surface area contributed by atoms with Gasteiger partial charge in [0, 0.05) is 44.0 Å². The van der Waals surface area contributed by atoms with Gasteiger partial charge in [-0.1, -0.05) is 0 Å². The lowest BCUT2D eigenvalue weighted by atomic mass is 9.80. The van der Waals surface area contributed by atoms with Crippen molar-refractivity contribution >= 4 is 40.1 Å². The number of carbonyl (C=O) groups is 2. The number of ether oxygens (including phenoxy) is 1. The third-order valence-corrected chi connectivity index (χ3v) is 7.48. The monoisotopic (exact) mass is 497 g/mol. The molecule has 2 saturated heterocycles. The summed E-state index contributed by atoms with van der Waals surface area (Å²) in [4.78, 5) is 48.5. The number of rotatable bonds is 6. The summed E-state index contributed by atoms with van der Waals surface area (Å²) in [6.45, 7) is 5.93. The van der Waals surface area contributed by atoms with Crippen LogP contribution in [0.3, 0.4) is 0 Å². The summed E-state index contributed by atoms with van der Waals surface area (Å²) in [5, 5.41) is 15.1. The van der Waals surface area contributed by atoms with E-state index in [2.05, 4.69) is 10.3 Å². The van der Waals surface area contributed by atoms with Gasteiger partial charge in [-0.05, 0) is 44.7 Å². The number of nitrogens with one attached hydrogen (secondary N) is 1. The Morgan fingerprint density at radius 1 is 1.34 bits per heavy atom. The minimum absolute atomic E-state index is 0.00812. The van der Waals surface area contributed by atoms with Gasteiger partial charge in [0.05, 0.1) is 16.9 Å². The van der Waals surface area contributed by atoms with Gasteiger partial charge in [-0.2, -0.15) is 0 Å². The fraction of sp³-hybridized carbons (Fsp3) is 0.458. The molecule has 3 aromatic heterocycles. The molecule has 1 amide bonds. The Hall–Kier alpha value is -3.31. The molecule has 2 aliphatic heterocycles. The van der Waals surface area contributed by atoms with Crippen LogP contribution in [0.4, 0.5) is 5.82 Å². The normalized spacial score (nSPS) is 19.4. The molecule has 0 saturated carbocycles. The zero-order chi connectivity index (χ0) is 24.7. The molecular formula is C24H27N5O5S. The van der Waals surface area contributed by atoms with Crippen molar-refractivity contribution in [1.82, 2.24) is 19.9 Å². The number of fused-ring (bicyclic) bond motifs is 1. The first-order valence-corrected chi connectivity index (χ1v) is 12.5. The topological polar surface area (TPSA) is 127 Å². The van der Waals surface area contributed by atoms with Gasteiger partial charge in [-0.15, -0.1) is 11.3 Å². The molecule has 2 aliphatic rings. The summed E-state index contributed by atoms with van der Waals surface area (Å²) in [7, 11) is 0. The molecular weight excluding hydrogens is 470 g/mol. The first-order valence-electron chi connectivity index (χ1n) is 11.6. The van der Waals surface area contributed by atoms with Crippen LogP contribution in [-0.2, 0) is 9.53 Å². The molecule has 5 heterocycles. The molecule has 0 aliphatic carbocycles. The van der Waals surface area contributed by atoms with Crippen LogP contribution in [0.2, 0.25) is 0 Å². The number of aromatic carboxylic acids is 1. The number of hydrogen-bond donors (Lipinski definition) is 2. The first-order chi connectivity index (χ1) is 16.8. The minimum Gasteiger partial charge on any atom is -0.477 e. The highest BCUT2D eigenvalue weighted by atomic mass is 32.1. The van der Waals surface area contributed by atoms with Crippen LogP contribution in [0.1, 0.15) is 42.1 Å². The highest BCUT2D eigenvalue weighted by molar-refractivity contribution is 7.12. The van der Waals surface area contributed by atoms with E-state index >= 15 is 0 Å². The number of hydrogen-bond acceptors (Lipinski definition) is 8. The molecule has 0 spiro atoms. The van der Waals surface area contributed by atoms with E-state index in [0.29, 0.717) is 41.8 Å². The maximum absolute atomic E-state index is 12.9. The van der Waals surface area contributed by atoms with Crippen molar-refractivity contribution in [3.05, 3.63) is 45.2 Å². The molecule has 5 rings (SSSR count). The minimum atomic E-state index is -1.30. The van der Waals surface area contributed by atoms with Crippen molar-refractivity contribution in [3.8, 4) is 5.13 Å². The Balaban J connectivity index is 1.41. The fourth-order valence-corrected chi connectivity index (χ4v) is 5.38. The van der Waals surface area contributed by atoms with Crippen molar-refractivity contribution in [2.24, 2.45) is 5.41 Å². The lowest BCUT2D eigenvalue weighted by Gasteiger charge is -2.47. The van der Waals surface area contributed by atoms with Crippen molar-refractivity contribution < 1.29 is 19.4 Å². The van der Waals surface area contributed by atoms with Gasteiger partial charge in [-0.3, -0.25) is 14.2 Å². The summed E-state index contributed by atoms with van der Waals surface area (Å²) < 4.78 is 7.26. The number of carbonyl (C=O) groups excluding carboxylic acids is 1. The number of aryl methyl sites for hydroxylation is 1. The molecule has 184 valence electrons. The Morgan fingerprint density at radius 2 is 2.14 bits per heavy atom. The van der Waals surface area contributed by atoms with E-state index in [1.54, 1.807) is 29.1 Å². The first kappa shape index (κ1) is 23.4. The van der Waals surface area contributed by atoms with Gasteiger partial charge in [-0.25, -0.2) is 14.8 Å². The van der Waals surface area contributed by atoms with Gasteiger partial charge in [0.2, 0.25) is 11.3 Å². The smallest absolute Gasteiger partial charge is 0.341 e. The maximum atomic E-state index is 12.9. The number of nitrogens with zero attached hydrogens (tertiary/aromatic N) is 4. The quantitative estimate of drug-likeness (QED) is 0.532. The van der Waals surface area contributed by atoms with Gasteiger partial charge in [0.1, 0.15) is 11.4 Å². The van der Waals surface area contributed by atoms with E-state index in [1.807, 2.05) is 11.8 Å². The van der Waals surface area contributed by atoms with Crippen LogP contribution in [0.25, 0.3) is 16.2 Å². The molecule has 0 aromatic carbocycles. The number of amides is 1. The number of aromatic nitrogens is 3. The largest absolute Gasteiger partial charge is 0.477 e. The van der Waals surface area contributed by atoms with Gasteiger partial charge in [0.25, 0.3) is 0 Å².